The zero-order valence-electron chi connectivity index (χ0n) is 11.2. The average Bonchev–Trinajstić information content (AvgIpc) is 2.95. The lowest BCUT2D eigenvalue weighted by molar-refractivity contribution is -0.144. The van der Waals surface area contributed by atoms with Crippen LogP contribution in [0.5, 0.6) is 0 Å². The molecule has 1 N–H and O–H groups in total. The summed E-state index contributed by atoms with van der Waals surface area (Å²) in [7, 11) is 1.65. The van der Waals surface area contributed by atoms with Gasteiger partial charge >= 0.3 is 6.18 Å². The first-order valence-electron chi connectivity index (χ1n) is 6.23. The summed E-state index contributed by atoms with van der Waals surface area (Å²) in [4.78, 5) is 5.15. The fourth-order valence-electron chi connectivity index (χ4n) is 1.99. The molecule has 21 heavy (non-hydrogen) atoms. The lowest BCUT2D eigenvalue weighted by Crippen LogP contribution is -2.25. The standard InChI is InChI=1S/C13H14F3N3OS/c1-19(12-17-11(18-21-12)13(14,15)16)10(7-8-20)9-5-3-2-4-6-9/h2-6,10,20H,7-8H2,1H3/t10-/m0/s1. The van der Waals surface area contributed by atoms with Crippen LogP contribution in [0.25, 0.3) is 0 Å². The molecule has 8 heteroatoms. The van der Waals surface area contributed by atoms with Crippen molar-refractivity contribution in [2.24, 2.45) is 0 Å². The van der Waals surface area contributed by atoms with E-state index in [0.717, 1.165) is 5.56 Å². The van der Waals surface area contributed by atoms with Gasteiger partial charge in [-0.05, 0) is 12.0 Å². The third kappa shape index (κ3) is 3.70. The number of nitrogens with zero attached hydrogens (tertiary/aromatic N) is 3. The monoisotopic (exact) mass is 317 g/mol. The molecule has 2 rings (SSSR count). The van der Waals surface area contributed by atoms with Crippen molar-refractivity contribution in [3.05, 3.63) is 41.7 Å². The van der Waals surface area contributed by atoms with Crippen molar-refractivity contribution in [3.8, 4) is 0 Å². The highest BCUT2D eigenvalue weighted by Gasteiger charge is 2.36. The zero-order chi connectivity index (χ0) is 15.5. The van der Waals surface area contributed by atoms with Crippen LogP contribution < -0.4 is 4.90 Å². The maximum atomic E-state index is 12.6. The van der Waals surface area contributed by atoms with Gasteiger partial charge < -0.3 is 10.0 Å². The maximum absolute atomic E-state index is 12.6. The van der Waals surface area contributed by atoms with E-state index in [1.165, 1.54) is 0 Å². The van der Waals surface area contributed by atoms with E-state index >= 15 is 0 Å². The van der Waals surface area contributed by atoms with Gasteiger partial charge in [-0.25, -0.2) is 0 Å². The Morgan fingerprint density at radius 3 is 2.48 bits per heavy atom. The van der Waals surface area contributed by atoms with Crippen LogP contribution in [0.3, 0.4) is 0 Å². The molecule has 1 aromatic carbocycles. The quantitative estimate of drug-likeness (QED) is 0.920. The van der Waals surface area contributed by atoms with Crippen molar-refractivity contribution in [1.82, 2.24) is 9.36 Å². The highest BCUT2D eigenvalue weighted by molar-refractivity contribution is 7.09. The van der Waals surface area contributed by atoms with Crippen molar-refractivity contribution >= 4 is 16.7 Å². The minimum Gasteiger partial charge on any atom is -0.396 e. The van der Waals surface area contributed by atoms with Gasteiger partial charge in [-0.1, -0.05) is 30.3 Å². The first kappa shape index (κ1) is 15.7. The van der Waals surface area contributed by atoms with Crippen LogP contribution in [-0.2, 0) is 6.18 Å². The maximum Gasteiger partial charge on any atom is 0.452 e. The highest BCUT2D eigenvalue weighted by Crippen LogP contribution is 2.33. The number of aliphatic hydroxyl groups is 1. The van der Waals surface area contributed by atoms with Gasteiger partial charge in [0.25, 0.3) is 0 Å². The molecule has 0 saturated heterocycles. The number of hydrogen-bond donors (Lipinski definition) is 1. The molecule has 1 aromatic heterocycles. The summed E-state index contributed by atoms with van der Waals surface area (Å²) in [5.74, 6) is -1.13. The molecule has 0 aliphatic rings. The molecule has 0 fully saturated rings. The number of alkyl halides is 3. The van der Waals surface area contributed by atoms with E-state index in [4.69, 9.17) is 0 Å². The number of halogens is 3. The molecular formula is C13H14F3N3OS. The SMILES string of the molecule is CN(c1nc(C(F)(F)F)ns1)[C@@H](CCO)c1ccccc1. The van der Waals surface area contributed by atoms with Crippen LogP contribution in [0.1, 0.15) is 23.9 Å². The molecule has 2 aromatic rings. The van der Waals surface area contributed by atoms with Crippen LogP contribution in [-0.4, -0.2) is 28.1 Å². The smallest absolute Gasteiger partial charge is 0.396 e. The van der Waals surface area contributed by atoms with Gasteiger partial charge in [-0.2, -0.15) is 22.5 Å². The molecular weight excluding hydrogens is 303 g/mol. The number of rotatable bonds is 5. The largest absolute Gasteiger partial charge is 0.452 e. The Morgan fingerprint density at radius 1 is 1.29 bits per heavy atom. The summed E-state index contributed by atoms with van der Waals surface area (Å²) in [5, 5.41) is 9.36. The van der Waals surface area contributed by atoms with E-state index in [-0.39, 0.29) is 17.8 Å². The van der Waals surface area contributed by atoms with Gasteiger partial charge in [0, 0.05) is 25.2 Å². The summed E-state index contributed by atoms with van der Waals surface area (Å²) >= 11 is 0.697. The second kappa shape index (κ2) is 6.40. The van der Waals surface area contributed by atoms with Crippen LogP contribution in [0.2, 0.25) is 0 Å². The third-order valence-corrected chi connectivity index (χ3v) is 3.83. The van der Waals surface area contributed by atoms with Gasteiger partial charge in [0.1, 0.15) is 0 Å². The van der Waals surface area contributed by atoms with Crippen molar-refractivity contribution in [3.63, 3.8) is 0 Å². The molecule has 0 aliphatic heterocycles. The van der Waals surface area contributed by atoms with Gasteiger partial charge in [-0.15, -0.1) is 0 Å². The molecule has 1 heterocycles. The van der Waals surface area contributed by atoms with Crippen molar-refractivity contribution in [1.29, 1.82) is 0 Å². The van der Waals surface area contributed by atoms with E-state index in [0.29, 0.717) is 18.0 Å². The summed E-state index contributed by atoms with van der Waals surface area (Å²) in [6.45, 7) is -0.0746. The minimum atomic E-state index is -4.55. The van der Waals surface area contributed by atoms with Gasteiger partial charge in [0.05, 0.1) is 6.04 Å². The Labute approximate surface area is 124 Å². The number of benzene rings is 1. The van der Waals surface area contributed by atoms with Crippen LogP contribution >= 0.6 is 11.5 Å². The Morgan fingerprint density at radius 2 is 1.95 bits per heavy atom. The van der Waals surface area contributed by atoms with Gasteiger partial charge in [0.2, 0.25) is 11.0 Å². The fourth-order valence-corrected chi connectivity index (χ4v) is 2.68. The average molecular weight is 317 g/mol. The normalized spacial score (nSPS) is 13.2. The molecule has 4 nitrogen and oxygen atoms in total. The first-order valence-corrected chi connectivity index (χ1v) is 7.00. The molecule has 0 bridgehead atoms. The molecule has 0 saturated carbocycles. The van der Waals surface area contributed by atoms with Crippen LogP contribution in [0.15, 0.2) is 30.3 Å². The summed E-state index contributed by atoms with van der Waals surface area (Å²) in [6.07, 6.45) is -4.16. The van der Waals surface area contributed by atoms with E-state index in [1.807, 2.05) is 30.3 Å². The fraction of sp³-hybridized carbons (Fsp3) is 0.385. The van der Waals surface area contributed by atoms with Crippen LogP contribution in [0.4, 0.5) is 18.3 Å². The lowest BCUT2D eigenvalue weighted by atomic mass is 10.0. The van der Waals surface area contributed by atoms with Gasteiger partial charge in [0.15, 0.2) is 0 Å². The number of anilines is 1. The third-order valence-electron chi connectivity index (χ3n) is 3.02. The second-order valence-corrected chi connectivity index (χ2v) is 5.18. The predicted molar refractivity (Wildman–Crippen MR) is 74.2 cm³/mol. The Balaban J connectivity index is 2.26. The number of hydrogen-bond acceptors (Lipinski definition) is 5. The second-order valence-electron chi connectivity index (χ2n) is 4.45. The summed E-state index contributed by atoms with van der Waals surface area (Å²) < 4.78 is 41.0. The van der Waals surface area contributed by atoms with Crippen molar-refractivity contribution < 1.29 is 18.3 Å². The Hall–Kier alpha value is -1.67. The molecule has 0 amide bonds. The number of aromatic nitrogens is 2. The van der Waals surface area contributed by atoms with E-state index in [1.54, 1.807) is 11.9 Å². The van der Waals surface area contributed by atoms with Crippen LogP contribution in [0, 0.1) is 0 Å². The summed E-state index contributed by atoms with van der Waals surface area (Å²) in [6, 6.07) is 9.01. The van der Waals surface area contributed by atoms with Crippen molar-refractivity contribution in [2.75, 3.05) is 18.6 Å². The zero-order valence-corrected chi connectivity index (χ0v) is 12.0. The lowest BCUT2D eigenvalue weighted by Gasteiger charge is -2.27. The predicted octanol–water partition coefficient (Wildman–Crippen LogP) is 3.12. The topological polar surface area (TPSA) is 49.2 Å². The Bertz CT molecular complexity index is 574. The molecule has 0 spiro atoms. The first-order chi connectivity index (χ1) is 9.93. The van der Waals surface area contributed by atoms with E-state index in [2.05, 4.69) is 9.36 Å². The molecule has 114 valence electrons. The molecule has 0 radical (unpaired) electrons. The van der Waals surface area contributed by atoms with Gasteiger partial charge in [-0.3, -0.25) is 0 Å². The highest BCUT2D eigenvalue weighted by atomic mass is 32.1. The number of aliphatic hydroxyl groups excluding tert-OH is 1. The van der Waals surface area contributed by atoms with E-state index in [9.17, 15) is 18.3 Å². The molecule has 1 atom stereocenters. The molecule has 0 aliphatic carbocycles. The minimum absolute atomic E-state index is 0.0746. The summed E-state index contributed by atoms with van der Waals surface area (Å²) in [5.41, 5.74) is 0.901. The van der Waals surface area contributed by atoms with E-state index < -0.39 is 12.0 Å². The molecule has 0 unspecified atom stereocenters. The Kier molecular flexibility index (Phi) is 4.79. The van der Waals surface area contributed by atoms with Crippen molar-refractivity contribution in [2.45, 2.75) is 18.6 Å².